The average Bonchev–Trinajstić information content (AvgIpc) is 2.51. The molecule has 2 unspecified atom stereocenters. The van der Waals surface area contributed by atoms with Gasteiger partial charge in [0.25, 0.3) is 0 Å². The van der Waals surface area contributed by atoms with Crippen LogP contribution in [-0.4, -0.2) is 18.3 Å². The lowest BCUT2D eigenvalue weighted by molar-refractivity contribution is 0.526. The third-order valence-electron chi connectivity index (χ3n) is 4.69. The minimum atomic E-state index is -1.23. The van der Waals surface area contributed by atoms with E-state index in [1.807, 2.05) is 0 Å². The van der Waals surface area contributed by atoms with Crippen LogP contribution in [0.1, 0.15) is 103 Å². The molecule has 0 aliphatic heterocycles. The van der Waals surface area contributed by atoms with Gasteiger partial charge in [0.1, 0.15) is 0 Å². The molecule has 8 heteroatoms. The van der Waals surface area contributed by atoms with Gasteiger partial charge in [-0.25, -0.2) is 0 Å². The van der Waals surface area contributed by atoms with Gasteiger partial charge in [-0.2, -0.15) is 0 Å². The van der Waals surface area contributed by atoms with Crippen molar-refractivity contribution in [2.24, 2.45) is 0 Å². The van der Waals surface area contributed by atoms with E-state index >= 15 is 0 Å². The Bertz CT molecular complexity index is 317. The van der Waals surface area contributed by atoms with Crippen LogP contribution >= 0.6 is 92.8 Å². The van der Waals surface area contributed by atoms with Crippen LogP contribution in [0.3, 0.4) is 0 Å². The SMILES string of the molecule is ClC(CCCCCCCCCCCCCCC(Cl)CC(Cl)(Cl)Cl)CC(Cl)(Cl)Cl. The molecule has 0 amide bonds. The molecule has 0 heterocycles. The van der Waals surface area contributed by atoms with Gasteiger partial charge in [0, 0.05) is 23.6 Å². The molecule has 0 nitrogen and oxygen atoms in total. The number of halogens is 8. The van der Waals surface area contributed by atoms with E-state index < -0.39 is 7.59 Å². The van der Waals surface area contributed by atoms with E-state index in [2.05, 4.69) is 0 Å². The van der Waals surface area contributed by atoms with Crippen LogP contribution in [0.15, 0.2) is 0 Å². The van der Waals surface area contributed by atoms with E-state index in [1.165, 1.54) is 64.2 Å². The molecule has 28 heavy (non-hydrogen) atoms. The van der Waals surface area contributed by atoms with E-state index in [0.717, 1.165) is 25.7 Å². The molecular weight excluding hydrogens is 524 g/mol. The molecule has 0 saturated carbocycles. The predicted octanol–water partition coefficient (Wildman–Crippen LogP) is 11.2. The summed E-state index contributed by atoms with van der Waals surface area (Å²) in [6, 6.07) is 0. The summed E-state index contributed by atoms with van der Waals surface area (Å²) in [5.74, 6) is 0. The van der Waals surface area contributed by atoms with Gasteiger partial charge in [-0.3, -0.25) is 0 Å². The molecule has 0 aliphatic carbocycles. The summed E-state index contributed by atoms with van der Waals surface area (Å²) in [4.78, 5) is 0. The molecule has 0 rings (SSSR count). The van der Waals surface area contributed by atoms with Crippen LogP contribution in [0.25, 0.3) is 0 Å². The molecule has 0 aliphatic rings. The van der Waals surface area contributed by atoms with Crippen molar-refractivity contribution in [2.75, 3.05) is 0 Å². The number of rotatable bonds is 17. The van der Waals surface area contributed by atoms with Gasteiger partial charge in [0.15, 0.2) is 7.59 Å². The molecule has 0 saturated heterocycles. The van der Waals surface area contributed by atoms with Gasteiger partial charge in [-0.15, -0.1) is 23.2 Å². The van der Waals surface area contributed by atoms with Crippen molar-refractivity contribution in [3.8, 4) is 0 Å². The van der Waals surface area contributed by atoms with Crippen LogP contribution in [0, 0.1) is 0 Å². The first-order valence-electron chi connectivity index (χ1n) is 10.4. The highest BCUT2D eigenvalue weighted by Crippen LogP contribution is 2.35. The maximum atomic E-state index is 6.17. The van der Waals surface area contributed by atoms with Crippen molar-refractivity contribution in [1.82, 2.24) is 0 Å². The van der Waals surface area contributed by atoms with Crippen molar-refractivity contribution >= 4 is 92.8 Å². The minimum absolute atomic E-state index is 0.0441. The van der Waals surface area contributed by atoms with Gasteiger partial charge in [0.2, 0.25) is 0 Å². The first kappa shape index (κ1) is 30.3. The number of unbranched alkanes of at least 4 members (excludes halogenated alkanes) is 11. The van der Waals surface area contributed by atoms with E-state index in [4.69, 9.17) is 92.8 Å². The van der Waals surface area contributed by atoms with Crippen LogP contribution in [0.2, 0.25) is 0 Å². The molecule has 2 atom stereocenters. The van der Waals surface area contributed by atoms with Crippen molar-refractivity contribution in [3.05, 3.63) is 0 Å². The first-order valence-corrected chi connectivity index (χ1v) is 13.6. The lowest BCUT2D eigenvalue weighted by Gasteiger charge is -2.15. The van der Waals surface area contributed by atoms with Crippen LogP contribution < -0.4 is 0 Å². The normalized spacial score (nSPS) is 15.0. The van der Waals surface area contributed by atoms with Crippen molar-refractivity contribution < 1.29 is 0 Å². The molecule has 0 radical (unpaired) electrons. The fourth-order valence-corrected chi connectivity index (χ4v) is 5.57. The second kappa shape index (κ2) is 17.8. The quantitative estimate of drug-likeness (QED) is 0.123. The lowest BCUT2D eigenvalue weighted by Crippen LogP contribution is -2.11. The topological polar surface area (TPSA) is 0 Å². The molecule has 0 aromatic rings. The monoisotopic (exact) mass is 554 g/mol. The second-order valence-corrected chi connectivity index (χ2v) is 13.9. The van der Waals surface area contributed by atoms with Gasteiger partial charge in [-0.1, -0.05) is 147 Å². The fraction of sp³-hybridized carbons (Fsp3) is 1.00. The fourth-order valence-electron chi connectivity index (χ4n) is 3.21. The molecule has 0 N–H and O–H groups in total. The first-order chi connectivity index (χ1) is 13.0. The summed E-state index contributed by atoms with van der Waals surface area (Å²) in [6.07, 6.45) is 17.8. The highest BCUT2D eigenvalue weighted by Gasteiger charge is 2.24. The van der Waals surface area contributed by atoms with Gasteiger partial charge < -0.3 is 0 Å². The molecule has 0 aromatic carbocycles. The Balaban J connectivity index is 3.26. The zero-order valence-electron chi connectivity index (χ0n) is 16.5. The Morgan fingerprint density at radius 3 is 0.821 bits per heavy atom. The molecule has 170 valence electrons. The molecule has 0 aromatic heterocycles. The smallest absolute Gasteiger partial charge is 0.123 e. The van der Waals surface area contributed by atoms with Crippen molar-refractivity contribution in [2.45, 2.75) is 121 Å². The Hall–Kier alpha value is 2.32. The predicted molar refractivity (Wildman–Crippen MR) is 134 cm³/mol. The summed E-state index contributed by atoms with van der Waals surface area (Å²) in [7, 11) is 0. The van der Waals surface area contributed by atoms with E-state index in [1.54, 1.807) is 0 Å². The summed E-state index contributed by atoms with van der Waals surface area (Å²) in [5.41, 5.74) is 0. The Morgan fingerprint density at radius 2 is 0.607 bits per heavy atom. The Kier molecular flexibility index (Phi) is 19.3. The zero-order valence-corrected chi connectivity index (χ0v) is 22.5. The summed E-state index contributed by atoms with van der Waals surface area (Å²) in [6.45, 7) is 0. The highest BCUT2D eigenvalue weighted by molar-refractivity contribution is 6.68. The van der Waals surface area contributed by atoms with Gasteiger partial charge >= 0.3 is 0 Å². The van der Waals surface area contributed by atoms with E-state index in [0.29, 0.717) is 12.8 Å². The van der Waals surface area contributed by atoms with Crippen molar-refractivity contribution in [3.63, 3.8) is 0 Å². The lowest BCUT2D eigenvalue weighted by atomic mass is 10.0. The maximum absolute atomic E-state index is 6.17. The maximum Gasteiger partial charge on any atom is 0.192 e. The Labute approximate surface area is 212 Å². The van der Waals surface area contributed by atoms with Crippen LogP contribution in [0.4, 0.5) is 0 Å². The number of alkyl halides is 8. The number of hydrogen-bond donors (Lipinski definition) is 0. The number of hydrogen-bond acceptors (Lipinski definition) is 0. The summed E-state index contributed by atoms with van der Waals surface area (Å²) < 4.78 is -2.46. The third kappa shape index (κ3) is 24.6. The van der Waals surface area contributed by atoms with E-state index in [9.17, 15) is 0 Å². The zero-order chi connectivity index (χ0) is 21.5. The average molecular weight is 558 g/mol. The minimum Gasteiger partial charge on any atom is -0.123 e. The van der Waals surface area contributed by atoms with Gasteiger partial charge in [0.05, 0.1) is 0 Å². The summed E-state index contributed by atoms with van der Waals surface area (Å²) >= 11 is 46.8. The van der Waals surface area contributed by atoms with Crippen LogP contribution in [0.5, 0.6) is 0 Å². The summed E-state index contributed by atoms with van der Waals surface area (Å²) in [5, 5.41) is -0.0882. The molecule has 0 spiro atoms. The molecule has 0 bridgehead atoms. The largest absolute Gasteiger partial charge is 0.192 e. The highest BCUT2D eigenvalue weighted by atomic mass is 35.6. The Morgan fingerprint density at radius 1 is 0.393 bits per heavy atom. The molecular formula is C20H34Cl8. The van der Waals surface area contributed by atoms with Crippen molar-refractivity contribution in [1.29, 1.82) is 0 Å². The third-order valence-corrected chi connectivity index (χ3v) is 6.36. The molecule has 0 fully saturated rings. The van der Waals surface area contributed by atoms with Gasteiger partial charge in [-0.05, 0) is 12.8 Å². The van der Waals surface area contributed by atoms with Crippen LogP contribution in [-0.2, 0) is 0 Å². The second-order valence-electron chi connectivity index (χ2n) is 7.65. The van der Waals surface area contributed by atoms with E-state index in [-0.39, 0.29) is 10.8 Å². The standard InChI is InChI=1S/C20H34Cl8/c21-17(15-19(23,24)25)13-11-9-7-5-3-1-2-4-6-8-10-12-14-18(22)16-20(26,27)28/h17-18H,1-16H2.